The molecule has 152 valence electrons. The number of carbonyl (C=O) groups excluding carboxylic acids is 1. The van der Waals surface area contributed by atoms with Gasteiger partial charge in [0, 0.05) is 25.0 Å². The van der Waals surface area contributed by atoms with E-state index in [1.54, 1.807) is 6.07 Å². The summed E-state index contributed by atoms with van der Waals surface area (Å²) in [6.45, 7) is 1.14. The standard InChI is InChI=1S/C21H21F3N4O/c22-21(23,24)9-12-25-19(29)17-5-6-18(27-26-17)28-13-10-20(11-14-28)8-7-15-3-1-2-4-16(15)20/h1-8H,9-14H2,(H,25,29). The SMILES string of the molecule is O=C(NCCC(F)(F)F)c1ccc(N2CCC3(C=Cc4ccccc43)CC2)nn1. The van der Waals surface area contributed by atoms with E-state index in [1.807, 2.05) is 6.07 Å². The number of nitrogens with one attached hydrogen (secondary N) is 1. The first kappa shape index (κ1) is 19.4. The predicted octanol–water partition coefficient (Wildman–Crippen LogP) is 3.72. The highest BCUT2D eigenvalue weighted by atomic mass is 19.4. The van der Waals surface area contributed by atoms with E-state index < -0.39 is 25.0 Å². The summed E-state index contributed by atoms with van der Waals surface area (Å²) in [6, 6.07) is 11.6. The van der Waals surface area contributed by atoms with Crippen molar-refractivity contribution in [1.29, 1.82) is 0 Å². The molecule has 1 saturated heterocycles. The molecule has 1 amide bonds. The Balaban J connectivity index is 1.35. The van der Waals surface area contributed by atoms with Gasteiger partial charge in [-0.15, -0.1) is 10.2 Å². The molecule has 2 aromatic rings. The molecule has 0 radical (unpaired) electrons. The lowest BCUT2D eigenvalue weighted by Gasteiger charge is -2.39. The summed E-state index contributed by atoms with van der Waals surface area (Å²) in [4.78, 5) is 14.0. The number of rotatable bonds is 4. The highest BCUT2D eigenvalue weighted by molar-refractivity contribution is 5.92. The number of allylic oxidation sites excluding steroid dienone is 1. The summed E-state index contributed by atoms with van der Waals surface area (Å²) in [5, 5.41) is 10.2. The van der Waals surface area contributed by atoms with E-state index >= 15 is 0 Å². The Labute approximate surface area is 166 Å². The first-order valence-corrected chi connectivity index (χ1v) is 9.59. The molecule has 8 heteroatoms. The molecule has 5 nitrogen and oxygen atoms in total. The molecule has 0 bridgehead atoms. The van der Waals surface area contributed by atoms with Crippen LogP contribution in [0.4, 0.5) is 19.0 Å². The Kier molecular flexibility index (Phi) is 5.02. The van der Waals surface area contributed by atoms with Crippen molar-refractivity contribution in [2.45, 2.75) is 30.9 Å². The second-order valence-electron chi connectivity index (χ2n) is 7.46. The van der Waals surface area contributed by atoms with E-state index in [4.69, 9.17) is 0 Å². The summed E-state index contributed by atoms with van der Waals surface area (Å²) in [5.41, 5.74) is 2.73. The summed E-state index contributed by atoms with van der Waals surface area (Å²) in [7, 11) is 0. The molecular weight excluding hydrogens is 381 g/mol. The van der Waals surface area contributed by atoms with Gasteiger partial charge in [0.15, 0.2) is 11.5 Å². The third-order valence-electron chi connectivity index (χ3n) is 5.64. The Morgan fingerprint density at radius 3 is 2.55 bits per heavy atom. The molecule has 4 rings (SSSR count). The number of hydrogen-bond donors (Lipinski definition) is 1. The van der Waals surface area contributed by atoms with Crippen LogP contribution in [0, 0.1) is 0 Å². The molecule has 0 saturated carbocycles. The van der Waals surface area contributed by atoms with Gasteiger partial charge in [-0.25, -0.2) is 0 Å². The number of amides is 1. The van der Waals surface area contributed by atoms with Crippen molar-refractivity contribution < 1.29 is 18.0 Å². The molecule has 1 aliphatic heterocycles. The zero-order chi connectivity index (χ0) is 20.5. The normalized spacial score (nSPS) is 17.4. The number of fused-ring (bicyclic) bond motifs is 2. The third kappa shape index (κ3) is 4.11. The van der Waals surface area contributed by atoms with Gasteiger partial charge in [-0.1, -0.05) is 36.4 Å². The number of anilines is 1. The molecule has 0 unspecified atom stereocenters. The van der Waals surface area contributed by atoms with Crippen molar-refractivity contribution in [3.8, 4) is 0 Å². The number of benzene rings is 1. The van der Waals surface area contributed by atoms with Gasteiger partial charge in [-0.2, -0.15) is 13.2 Å². The number of nitrogens with zero attached hydrogens (tertiary/aromatic N) is 3. The van der Waals surface area contributed by atoms with Crippen molar-refractivity contribution in [3.63, 3.8) is 0 Å². The van der Waals surface area contributed by atoms with E-state index in [0.29, 0.717) is 5.82 Å². The van der Waals surface area contributed by atoms with Gasteiger partial charge in [0.05, 0.1) is 6.42 Å². The van der Waals surface area contributed by atoms with Crippen LogP contribution in [-0.2, 0) is 5.41 Å². The minimum atomic E-state index is -4.30. The van der Waals surface area contributed by atoms with Crippen LogP contribution in [0.5, 0.6) is 0 Å². The molecule has 29 heavy (non-hydrogen) atoms. The summed E-state index contributed by atoms with van der Waals surface area (Å²) in [6.07, 6.45) is 1.04. The average Bonchev–Trinajstić information content (AvgIpc) is 3.06. The average molecular weight is 402 g/mol. The number of halogens is 3. The lowest BCUT2D eigenvalue weighted by molar-refractivity contribution is -0.132. The predicted molar refractivity (Wildman–Crippen MR) is 104 cm³/mol. The topological polar surface area (TPSA) is 58.1 Å². The van der Waals surface area contributed by atoms with Crippen LogP contribution in [0.15, 0.2) is 42.5 Å². The fraction of sp³-hybridized carbons (Fsp3) is 0.381. The lowest BCUT2D eigenvalue weighted by atomic mass is 9.74. The van der Waals surface area contributed by atoms with E-state index in [-0.39, 0.29) is 11.1 Å². The van der Waals surface area contributed by atoms with Gasteiger partial charge in [-0.05, 0) is 36.1 Å². The van der Waals surface area contributed by atoms with Crippen molar-refractivity contribution >= 4 is 17.8 Å². The molecule has 1 spiro atoms. The molecule has 2 aliphatic rings. The van der Waals surface area contributed by atoms with E-state index in [1.165, 1.54) is 17.2 Å². The zero-order valence-corrected chi connectivity index (χ0v) is 15.7. The number of piperidine rings is 1. The molecule has 0 atom stereocenters. The van der Waals surface area contributed by atoms with Crippen LogP contribution >= 0.6 is 0 Å². The fourth-order valence-electron chi connectivity index (χ4n) is 4.03. The van der Waals surface area contributed by atoms with Crippen LogP contribution in [0.2, 0.25) is 0 Å². The lowest BCUT2D eigenvalue weighted by Crippen LogP contribution is -2.41. The Morgan fingerprint density at radius 1 is 1.10 bits per heavy atom. The molecule has 1 aromatic carbocycles. The monoisotopic (exact) mass is 402 g/mol. The highest BCUT2D eigenvalue weighted by Crippen LogP contribution is 2.44. The zero-order valence-electron chi connectivity index (χ0n) is 15.7. The van der Waals surface area contributed by atoms with Crippen LogP contribution in [0.1, 0.15) is 40.9 Å². The van der Waals surface area contributed by atoms with E-state index in [2.05, 4.69) is 50.8 Å². The maximum absolute atomic E-state index is 12.2. The Morgan fingerprint density at radius 2 is 1.86 bits per heavy atom. The number of hydrogen-bond acceptors (Lipinski definition) is 4. The van der Waals surface area contributed by atoms with Crippen molar-refractivity contribution in [2.24, 2.45) is 0 Å². The van der Waals surface area contributed by atoms with Gasteiger partial charge < -0.3 is 10.2 Å². The maximum atomic E-state index is 12.2. The first-order chi connectivity index (χ1) is 13.9. The fourth-order valence-corrected chi connectivity index (χ4v) is 4.03. The van der Waals surface area contributed by atoms with Gasteiger partial charge in [0.25, 0.3) is 5.91 Å². The maximum Gasteiger partial charge on any atom is 0.390 e. The highest BCUT2D eigenvalue weighted by Gasteiger charge is 2.38. The smallest absolute Gasteiger partial charge is 0.355 e. The minimum absolute atomic E-state index is 0.0112. The van der Waals surface area contributed by atoms with Crippen molar-refractivity contribution in [2.75, 3.05) is 24.5 Å². The van der Waals surface area contributed by atoms with Crippen LogP contribution in [0.3, 0.4) is 0 Å². The largest absolute Gasteiger partial charge is 0.390 e. The van der Waals surface area contributed by atoms with Gasteiger partial charge in [-0.3, -0.25) is 4.79 Å². The molecule has 1 aliphatic carbocycles. The summed E-state index contributed by atoms with van der Waals surface area (Å²) in [5.74, 6) is 0.0144. The Hall–Kier alpha value is -2.90. The van der Waals surface area contributed by atoms with Crippen LogP contribution in [-0.4, -0.2) is 41.9 Å². The molecular formula is C21H21F3N4O. The van der Waals surface area contributed by atoms with Crippen molar-refractivity contribution in [3.05, 3.63) is 59.3 Å². The van der Waals surface area contributed by atoms with Crippen LogP contribution in [0.25, 0.3) is 6.08 Å². The summed E-state index contributed by atoms with van der Waals surface area (Å²) >= 11 is 0. The number of alkyl halides is 3. The minimum Gasteiger partial charge on any atom is -0.355 e. The van der Waals surface area contributed by atoms with Gasteiger partial charge >= 0.3 is 6.18 Å². The Bertz CT molecular complexity index is 916. The van der Waals surface area contributed by atoms with Crippen molar-refractivity contribution in [1.82, 2.24) is 15.5 Å². The molecule has 1 aromatic heterocycles. The van der Waals surface area contributed by atoms with Gasteiger partial charge in [0.1, 0.15) is 0 Å². The number of aromatic nitrogens is 2. The van der Waals surface area contributed by atoms with Gasteiger partial charge in [0.2, 0.25) is 0 Å². The second-order valence-corrected chi connectivity index (χ2v) is 7.46. The van der Waals surface area contributed by atoms with Crippen LogP contribution < -0.4 is 10.2 Å². The molecule has 1 fully saturated rings. The molecule has 1 N–H and O–H groups in total. The molecule has 2 heterocycles. The second kappa shape index (κ2) is 7.50. The quantitative estimate of drug-likeness (QED) is 0.847. The van der Waals surface area contributed by atoms with E-state index in [0.717, 1.165) is 25.9 Å². The third-order valence-corrected chi connectivity index (χ3v) is 5.64. The number of carbonyl (C=O) groups is 1. The summed E-state index contributed by atoms with van der Waals surface area (Å²) < 4.78 is 36.5. The first-order valence-electron chi connectivity index (χ1n) is 9.59. The van der Waals surface area contributed by atoms with E-state index in [9.17, 15) is 18.0 Å².